The average Bonchev–Trinajstić information content (AvgIpc) is 3.16. The molecule has 0 fully saturated rings. The summed E-state index contributed by atoms with van der Waals surface area (Å²) in [6.45, 7) is 5.67. The predicted molar refractivity (Wildman–Crippen MR) is 120 cm³/mol. The first kappa shape index (κ1) is 22.7. The molecule has 0 atom stereocenters. The second-order valence-corrected chi connectivity index (χ2v) is 7.95. The molecule has 2 aromatic heterocycles. The van der Waals surface area contributed by atoms with E-state index in [1.165, 1.54) is 4.68 Å². The summed E-state index contributed by atoms with van der Waals surface area (Å²) in [6, 6.07) is 5.61. The molecule has 0 radical (unpaired) electrons. The van der Waals surface area contributed by atoms with Crippen molar-refractivity contribution in [2.75, 3.05) is 7.05 Å². The highest BCUT2D eigenvalue weighted by molar-refractivity contribution is 6.30. The van der Waals surface area contributed by atoms with E-state index in [4.69, 9.17) is 11.6 Å². The Morgan fingerprint density at radius 2 is 1.90 bits per heavy atom. The number of benzene rings is 1. The van der Waals surface area contributed by atoms with E-state index in [1.54, 1.807) is 24.0 Å². The maximum Gasteiger partial charge on any atom is 0.270 e. The summed E-state index contributed by atoms with van der Waals surface area (Å²) < 4.78 is 3.15. The quantitative estimate of drug-likeness (QED) is 0.528. The molecule has 0 aliphatic heterocycles. The topological polar surface area (TPSA) is 93.8 Å². The lowest BCUT2D eigenvalue weighted by molar-refractivity contribution is -0.120. The lowest BCUT2D eigenvalue weighted by Crippen LogP contribution is -2.33. The van der Waals surface area contributed by atoms with Gasteiger partial charge >= 0.3 is 0 Å². The van der Waals surface area contributed by atoms with E-state index < -0.39 is 0 Å². The van der Waals surface area contributed by atoms with Crippen molar-refractivity contribution >= 4 is 17.5 Å². The maximum absolute atomic E-state index is 12.9. The van der Waals surface area contributed by atoms with Crippen LogP contribution in [0.3, 0.4) is 0 Å². The SMILES string of the molecule is CNCc1ccc(Cl)cc1CNC(=O)Cc1c(C)cnn(CCn2cc(C)cn2)c1=O. The second kappa shape index (κ2) is 10.4. The van der Waals surface area contributed by atoms with E-state index in [-0.39, 0.29) is 17.9 Å². The van der Waals surface area contributed by atoms with Gasteiger partial charge in [0.1, 0.15) is 0 Å². The Kier molecular flexibility index (Phi) is 7.59. The standard InChI is InChI=1S/C22H27ClN6O2/c1-15-10-26-28(14-15)6-7-29-22(31)20(16(2)11-27-29)9-21(30)25-13-18-8-19(23)5-4-17(18)12-24-3/h4-5,8,10-11,14,24H,6-7,9,12-13H2,1-3H3,(H,25,30). The summed E-state index contributed by atoms with van der Waals surface area (Å²) in [5.74, 6) is -0.226. The van der Waals surface area contributed by atoms with Gasteiger partial charge in [-0.3, -0.25) is 14.3 Å². The molecule has 0 unspecified atom stereocenters. The van der Waals surface area contributed by atoms with Crippen LogP contribution in [-0.4, -0.2) is 32.5 Å². The molecule has 0 aliphatic rings. The fourth-order valence-corrected chi connectivity index (χ4v) is 3.51. The normalized spacial score (nSPS) is 11.0. The molecule has 8 nitrogen and oxygen atoms in total. The molecule has 164 valence electrons. The molecule has 1 amide bonds. The number of rotatable bonds is 9. The molecule has 0 aliphatic carbocycles. The molecule has 3 aromatic rings. The van der Waals surface area contributed by atoms with Crippen molar-refractivity contribution in [1.82, 2.24) is 30.2 Å². The number of hydrogen-bond donors (Lipinski definition) is 2. The number of aryl methyl sites for hydroxylation is 4. The molecule has 0 saturated heterocycles. The van der Waals surface area contributed by atoms with Crippen LogP contribution in [-0.2, 0) is 37.4 Å². The highest BCUT2D eigenvalue weighted by Crippen LogP contribution is 2.16. The second-order valence-electron chi connectivity index (χ2n) is 7.51. The minimum Gasteiger partial charge on any atom is -0.352 e. The highest BCUT2D eigenvalue weighted by atomic mass is 35.5. The number of amides is 1. The molecular weight excluding hydrogens is 416 g/mol. The van der Waals surface area contributed by atoms with Crippen molar-refractivity contribution in [3.63, 3.8) is 0 Å². The van der Waals surface area contributed by atoms with Crippen molar-refractivity contribution in [3.8, 4) is 0 Å². The summed E-state index contributed by atoms with van der Waals surface area (Å²) in [6.07, 6.45) is 5.30. The molecule has 2 heterocycles. The van der Waals surface area contributed by atoms with Crippen molar-refractivity contribution in [3.05, 3.63) is 80.0 Å². The lowest BCUT2D eigenvalue weighted by atomic mass is 10.1. The van der Waals surface area contributed by atoms with Crippen molar-refractivity contribution in [2.24, 2.45) is 0 Å². The van der Waals surface area contributed by atoms with Gasteiger partial charge < -0.3 is 10.6 Å². The van der Waals surface area contributed by atoms with E-state index in [0.717, 1.165) is 16.7 Å². The third kappa shape index (κ3) is 6.02. The van der Waals surface area contributed by atoms with Crippen LogP contribution in [0.15, 0.2) is 41.6 Å². The highest BCUT2D eigenvalue weighted by Gasteiger charge is 2.14. The molecular formula is C22H27ClN6O2. The zero-order chi connectivity index (χ0) is 22.4. The van der Waals surface area contributed by atoms with Crippen molar-refractivity contribution < 1.29 is 4.79 Å². The summed E-state index contributed by atoms with van der Waals surface area (Å²) in [4.78, 5) is 25.5. The van der Waals surface area contributed by atoms with Gasteiger partial charge in [-0.25, -0.2) is 4.68 Å². The third-order valence-corrected chi connectivity index (χ3v) is 5.25. The predicted octanol–water partition coefficient (Wildman–Crippen LogP) is 1.99. The van der Waals surface area contributed by atoms with Crippen LogP contribution in [0.5, 0.6) is 0 Å². The van der Waals surface area contributed by atoms with Crippen LogP contribution in [0.4, 0.5) is 0 Å². The Labute approximate surface area is 186 Å². The van der Waals surface area contributed by atoms with Crippen molar-refractivity contribution in [1.29, 1.82) is 0 Å². The zero-order valence-electron chi connectivity index (χ0n) is 18.0. The molecule has 31 heavy (non-hydrogen) atoms. The number of hydrogen-bond acceptors (Lipinski definition) is 5. The van der Waals surface area contributed by atoms with Crippen molar-refractivity contribution in [2.45, 2.75) is 46.4 Å². The maximum atomic E-state index is 12.9. The monoisotopic (exact) mass is 442 g/mol. The fourth-order valence-electron chi connectivity index (χ4n) is 3.31. The Hall–Kier alpha value is -2.97. The van der Waals surface area contributed by atoms with Gasteiger partial charge in [-0.2, -0.15) is 10.2 Å². The van der Waals surface area contributed by atoms with E-state index in [0.29, 0.717) is 42.3 Å². The number of carbonyl (C=O) groups excluding carboxylic acids is 1. The molecule has 0 saturated carbocycles. The summed E-state index contributed by atoms with van der Waals surface area (Å²) >= 11 is 6.11. The minimum absolute atomic E-state index is 0.00398. The van der Waals surface area contributed by atoms with Gasteiger partial charge in [0.2, 0.25) is 5.91 Å². The number of nitrogens with one attached hydrogen (secondary N) is 2. The molecule has 0 bridgehead atoms. The van der Waals surface area contributed by atoms with Crippen LogP contribution in [0.1, 0.15) is 27.8 Å². The molecule has 9 heteroatoms. The average molecular weight is 443 g/mol. The Morgan fingerprint density at radius 3 is 2.61 bits per heavy atom. The van der Waals surface area contributed by atoms with Crippen LogP contribution in [0, 0.1) is 13.8 Å². The van der Waals surface area contributed by atoms with E-state index in [2.05, 4.69) is 20.8 Å². The van der Waals surface area contributed by atoms with Gasteiger partial charge in [0.25, 0.3) is 5.56 Å². The lowest BCUT2D eigenvalue weighted by Gasteiger charge is -2.12. The smallest absolute Gasteiger partial charge is 0.270 e. The van der Waals surface area contributed by atoms with E-state index in [1.807, 2.05) is 38.4 Å². The molecule has 3 rings (SSSR count). The first-order valence-corrected chi connectivity index (χ1v) is 10.5. The van der Waals surface area contributed by atoms with Gasteiger partial charge in [0, 0.05) is 29.9 Å². The largest absolute Gasteiger partial charge is 0.352 e. The Balaban J connectivity index is 1.67. The van der Waals surface area contributed by atoms with Gasteiger partial charge in [0.05, 0.1) is 31.9 Å². The summed E-state index contributed by atoms with van der Waals surface area (Å²) in [7, 11) is 1.86. The van der Waals surface area contributed by atoms with Gasteiger partial charge in [-0.1, -0.05) is 17.7 Å². The van der Waals surface area contributed by atoms with Gasteiger partial charge in [-0.05, 0) is 55.3 Å². The summed E-state index contributed by atoms with van der Waals surface area (Å²) in [5.41, 5.74) is 3.95. The summed E-state index contributed by atoms with van der Waals surface area (Å²) in [5, 5.41) is 15.1. The number of halogens is 1. The zero-order valence-corrected chi connectivity index (χ0v) is 18.7. The Bertz CT molecular complexity index is 1120. The van der Waals surface area contributed by atoms with Crippen LogP contribution in [0.2, 0.25) is 5.02 Å². The Morgan fingerprint density at radius 1 is 1.10 bits per heavy atom. The fraction of sp³-hybridized carbons (Fsp3) is 0.364. The van der Waals surface area contributed by atoms with Gasteiger partial charge in [0.15, 0.2) is 0 Å². The third-order valence-electron chi connectivity index (χ3n) is 5.01. The van der Waals surface area contributed by atoms with Crippen LogP contribution >= 0.6 is 11.6 Å². The van der Waals surface area contributed by atoms with E-state index >= 15 is 0 Å². The number of carbonyl (C=O) groups is 1. The first-order chi connectivity index (χ1) is 14.9. The van der Waals surface area contributed by atoms with Crippen LogP contribution < -0.4 is 16.2 Å². The van der Waals surface area contributed by atoms with Crippen LogP contribution in [0.25, 0.3) is 0 Å². The minimum atomic E-state index is -0.252. The number of nitrogens with zero attached hydrogens (tertiary/aromatic N) is 4. The molecule has 1 aromatic carbocycles. The molecule has 2 N–H and O–H groups in total. The number of aromatic nitrogens is 4. The first-order valence-electron chi connectivity index (χ1n) is 10.1. The van der Waals surface area contributed by atoms with Gasteiger partial charge in [-0.15, -0.1) is 0 Å². The molecule has 0 spiro atoms. The van der Waals surface area contributed by atoms with E-state index in [9.17, 15) is 9.59 Å².